The van der Waals surface area contributed by atoms with Crippen molar-refractivity contribution in [3.8, 4) is 11.6 Å². The van der Waals surface area contributed by atoms with Gasteiger partial charge in [-0.05, 0) is 18.2 Å². The van der Waals surface area contributed by atoms with Gasteiger partial charge in [0.25, 0.3) is 0 Å². The van der Waals surface area contributed by atoms with Gasteiger partial charge in [0.15, 0.2) is 0 Å². The Labute approximate surface area is 110 Å². The zero-order chi connectivity index (χ0) is 13.1. The van der Waals surface area contributed by atoms with E-state index in [2.05, 4.69) is 15.2 Å². The number of nitrogens with two attached hydrogens (primary N) is 1. The van der Waals surface area contributed by atoms with E-state index in [9.17, 15) is 0 Å². The number of nitrogens with zero attached hydrogens (tertiary/aromatic N) is 3. The molecule has 0 radical (unpaired) electrons. The van der Waals surface area contributed by atoms with Crippen LogP contribution in [0.2, 0.25) is 0 Å². The molecule has 2 N–H and O–H groups in total. The van der Waals surface area contributed by atoms with Gasteiger partial charge >= 0.3 is 0 Å². The summed E-state index contributed by atoms with van der Waals surface area (Å²) in [5, 5.41) is 8.90. The van der Waals surface area contributed by atoms with Crippen LogP contribution in [0.4, 0.5) is 0 Å². The van der Waals surface area contributed by atoms with Crippen molar-refractivity contribution >= 4 is 10.9 Å². The number of benzene rings is 1. The molecule has 0 bridgehead atoms. The highest BCUT2D eigenvalue weighted by Crippen LogP contribution is 2.22. The normalized spacial score (nSPS) is 10.6. The lowest BCUT2D eigenvalue weighted by molar-refractivity contribution is 0.453. The summed E-state index contributed by atoms with van der Waals surface area (Å²) in [6.07, 6.45) is 1.67. The van der Waals surface area contributed by atoms with Crippen molar-refractivity contribution in [2.24, 2.45) is 5.73 Å². The molecule has 1 aromatic carbocycles. The lowest BCUT2D eigenvalue weighted by atomic mass is 10.2. The molecule has 0 aliphatic carbocycles. The van der Waals surface area contributed by atoms with Crippen LogP contribution in [0.3, 0.4) is 0 Å². The summed E-state index contributed by atoms with van der Waals surface area (Å²) in [4.78, 5) is 4.32. The lowest BCUT2D eigenvalue weighted by Gasteiger charge is -2.05. The molecule has 0 atom stereocenters. The highest BCUT2D eigenvalue weighted by molar-refractivity contribution is 5.79. The van der Waals surface area contributed by atoms with Gasteiger partial charge in [0, 0.05) is 18.0 Å². The SMILES string of the molecule is NCc1ccc(Oc2cnc3ccccc3c2)nn1. The van der Waals surface area contributed by atoms with Crippen LogP contribution < -0.4 is 10.5 Å². The predicted molar refractivity (Wildman–Crippen MR) is 71.7 cm³/mol. The standard InChI is InChI=1S/C14H12N4O/c15-8-11-5-6-14(18-17-11)19-12-7-10-3-1-2-4-13(10)16-9-12/h1-7,9H,8,15H2. The van der Waals surface area contributed by atoms with Crippen LogP contribution in [0.1, 0.15) is 5.69 Å². The van der Waals surface area contributed by atoms with E-state index in [0.717, 1.165) is 16.6 Å². The molecule has 0 aliphatic rings. The summed E-state index contributed by atoms with van der Waals surface area (Å²) in [7, 11) is 0. The number of fused-ring (bicyclic) bond motifs is 1. The molecule has 2 heterocycles. The van der Waals surface area contributed by atoms with Gasteiger partial charge in [0.2, 0.25) is 5.88 Å². The Hall–Kier alpha value is -2.53. The molecule has 94 valence electrons. The van der Waals surface area contributed by atoms with Crippen molar-refractivity contribution < 1.29 is 4.74 Å². The van der Waals surface area contributed by atoms with E-state index in [0.29, 0.717) is 18.2 Å². The van der Waals surface area contributed by atoms with Crippen molar-refractivity contribution in [2.75, 3.05) is 0 Å². The van der Waals surface area contributed by atoms with E-state index in [-0.39, 0.29) is 0 Å². The zero-order valence-electron chi connectivity index (χ0n) is 10.2. The van der Waals surface area contributed by atoms with E-state index in [1.807, 2.05) is 30.3 Å². The van der Waals surface area contributed by atoms with Crippen molar-refractivity contribution in [2.45, 2.75) is 6.54 Å². The van der Waals surface area contributed by atoms with E-state index in [1.54, 1.807) is 18.3 Å². The highest BCUT2D eigenvalue weighted by atomic mass is 16.5. The van der Waals surface area contributed by atoms with Gasteiger partial charge in [-0.15, -0.1) is 5.10 Å². The molecule has 5 heteroatoms. The molecule has 5 nitrogen and oxygen atoms in total. The van der Waals surface area contributed by atoms with Gasteiger partial charge in [0.1, 0.15) is 5.75 Å². The van der Waals surface area contributed by atoms with Crippen LogP contribution >= 0.6 is 0 Å². The second-order valence-electron chi connectivity index (χ2n) is 4.03. The lowest BCUT2D eigenvalue weighted by Crippen LogP contribution is -2.01. The molecule has 0 saturated carbocycles. The smallest absolute Gasteiger partial charge is 0.238 e. The summed E-state index contributed by atoms with van der Waals surface area (Å²) in [6.45, 7) is 0.366. The van der Waals surface area contributed by atoms with E-state index in [4.69, 9.17) is 10.5 Å². The summed E-state index contributed by atoms with van der Waals surface area (Å²) in [6, 6.07) is 13.3. The van der Waals surface area contributed by atoms with Crippen LogP contribution in [0, 0.1) is 0 Å². The molecule has 2 aromatic heterocycles. The topological polar surface area (TPSA) is 73.9 Å². The monoisotopic (exact) mass is 252 g/mol. The zero-order valence-corrected chi connectivity index (χ0v) is 10.2. The summed E-state index contributed by atoms with van der Waals surface area (Å²) in [5.41, 5.74) is 7.12. The summed E-state index contributed by atoms with van der Waals surface area (Å²) in [5.74, 6) is 1.06. The molecule has 0 amide bonds. The number of hydrogen-bond acceptors (Lipinski definition) is 5. The first-order chi connectivity index (χ1) is 9.35. The Kier molecular flexibility index (Phi) is 3.04. The Morgan fingerprint density at radius 1 is 1.05 bits per heavy atom. The molecule has 0 fully saturated rings. The first-order valence-corrected chi connectivity index (χ1v) is 5.90. The average Bonchev–Trinajstić information content (AvgIpc) is 2.48. The fourth-order valence-corrected chi connectivity index (χ4v) is 1.74. The first kappa shape index (κ1) is 11.6. The molecule has 0 unspecified atom stereocenters. The second-order valence-corrected chi connectivity index (χ2v) is 4.03. The minimum Gasteiger partial charge on any atom is -0.436 e. The Morgan fingerprint density at radius 2 is 1.95 bits per heavy atom. The number of aromatic nitrogens is 3. The Morgan fingerprint density at radius 3 is 2.74 bits per heavy atom. The maximum absolute atomic E-state index is 5.61. The highest BCUT2D eigenvalue weighted by Gasteiger charge is 2.02. The van der Waals surface area contributed by atoms with Crippen molar-refractivity contribution in [3.63, 3.8) is 0 Å². The third-order valence-corrected chi connectivity index (χ3v) is 2.69. The number of pyridine rings is 1. The third-order valence-electron chi connectivity index (χ3n) is 2.69. The fourth-order valence-electron chi connectivity index (χ4n) is 1.74. The van der Waals surface area contributed by atoms with Crippen molar-refractivity contribution in [3.05, 3.63) is 54.4 Å². The van der Waals surface area contributed by atoms with Gasteiger partial charge in [0.05, 0.1) is 17.4 Å². The van der Waals surface area contributed by atoms with Crippen molar-refractivity contribution in [1.29, 1.82) is 0 Å². The van der Waals surface area contributed by atoms with Gasteiger partial charge in [-0.25, -0.2) is 0 Å². The molecular formula is C14H12N4O. The van der Waals surface area contributed by atoms with Crippen LogP contribution in [-0.2, 0) is 6.54 Å². The van der Waals surface area contributed by atoms with E-state index < -0.39 is 0 Å². The van der Waals surface area contributed by atoms with Gasteiger partial charge in [-0.3, -0.25) is 4.98 Å². The van der Waals surface area contributed by atoms with E-state index >= 15 is 0 Å². The Balaban J connectivity index is 1.87. The molecule has 3 rings (SSSR count). The van der Waals surface area contributed by atoms with Crippen LogP contribution in [0.15, 0.2) is 48.7 Å². The maximum Gasteiger partial charge on any atom is 0.238 e. The van der Waals surface area contributed by atoms with Gasteiger partial charge in [-0.2, -0.15) is 5.10 Å². The predicted octanol–water partition coefficient (Wildman–Crippen LogP) is 2.28. The minimum absolute atomic E-state index is 0.366. The molecule has 0 saturated heterocycles. The van der Waals surface area contributed by atoms with Crippen LogP contribution in [0.5, 0.6) is 11.6 Å². The number of rotatable bonds is 3. The average molecular weight is 252 g/mol. The molecular weight excluding hydrogens is 240 g/mol. The number of para-hydroxylation sites is 1. The summed E-state index contributed by atoms with van der Waals surface area (Å²) >= 11 is 0. The fraction of sp³-hybridized carbons (Fsp3) is 0.0714. The van der Waals surface area contributed by atoms with Gasteiger partial charge in [-0.1, -0.05) is 18.2 Å². The molecule has 19 heavy (non-hydrogen) atoms. The molecule has 3 aromatic rings. The second kappa shape index (κ2) is 4.99. The van der Waals surface area contributed by atoms with Gasteiger partial charge < -0.3 is 10.5 Å². The maximum atomic E-state index is 5.61. The molecule has 0 spiro atoms. The minimum atomic E-state index is 0.366. The molecule has 0 aliphatic heterocycles. The number of ether oxygens (including phenoxy) is 1. The largest absolute Gasteiger partial charge is 0.436 e. The van der Waals surface area contributed by atoms with Crippen LogP contribution in [-0.4, -0.2) is 15.2 Å². The number of hydrogen-bond donors (Lipinski definition) is 1. The Bertz CT molecular complexity index is 697. The van der Waals surface area contributed by atoms with Crippen molar-refractivity contribution in [1.82, 2.24) is 15.2 Å². The third kappa shape index (κ3) is 2.51. The summed E-state index contributed by atoms with van der Waals surface area (Å²) < 4.78 is 5.61. The van der Waals surface area contributed by atoms with E-state index in [1.165, 1.54) is 0 Å². The first-order valence-electron chi connectivity index (χ1n) is 5.90. The quantitative estimate of drug-likeness (QED) is 0.774. The van der Waals surface area contributed by atoms with Crippen LogP contribution in [0.25, 0.3) is 10.9 Å².